The molecule has 0 N–H and O–H groups in total. The molecule has 0 radical (unpaired) electrons. The van der Waals surface area contributed by atoms with Gasteiger partial charge in [-0.1, -0.05) is 0 Å². The van der Waals surface area contributed by atoms with Crippen LogP contribution in [0.15, 0.2) is 22.6 Å². The molecule has 1 fully saturated rings. The summed E-state index contributed by atoms with van der Waals surface area (Å²) in [6.07, 6.45) is 0. The molecule has 3 rings (SSSR count). The first-order valence-electron chi connectivity index (χ1n) is 8.23. The van der Waals surface area contributed by atoms with Gasteiger partial charge < -0.3 is 18.8 Å². The minimum Gasteiger partial charge on any atom is -0.497 e. The maximum Gasteiger partial charge on any atom is 0.257 e. The van der Waals surface area contributed by atoms with E-state index in [0.29, 0.717) is 29.2 Å². The Morgan fingerprint density at radius 1 is 1.33 bits per heavy atom. The van der Waals surface area contributed by atoms with Crippen LogP contribution < -0.4 is 4.74 Å². The van der Waals surface area contributed by atoms with Gasteiger partial charge in [-0.05, 0) is 25.1 Å². The van der Waals surface area contributed by atoms with Gasteiger partial charge in [-0.3, -0.25) is 9.69 Å². The number of rotatable bonds is 5. The number of carbonyl (C=O) groups excluding carboxylic acids is 1. The fourth-order valence-electron chi connectivity index (χ4n) is 3.00. The second-order valence-electron chi connectivity index (χ2n) is 6.08. The highest BCUT2D eigenvalue weighted by Gasteiger charge is 2.22. The van der Waals surface area contributed by atoms with Gasteiger partial charge in [-0.15, -0.1) is 0 Å². The van der Waals surface area contributed by atoms with Crippen molar-refractivity contribution in [2.24, 2.45) is 0 Å². The van der Waals surface area contributed by atoms with E-state index in [0.717, 1.165) is 38.2 Å². The van der Waals surface area contributed by atoms with Gasteiger partial charge in [0, 0.05) is 38.6 Å². The van der Waals surface area contributed by atoms with Crippen molar-refractivity contribution in [2.45, 2.75) is 6.92 Å². The van der Waals surface area contributed by atoms with Crippen LogP contribution in [0.3, 0.4) is 0 Å². The Kier molecular flexibility index (Phi) is 5.06. The fraction of sp³-hybridized carbons (Fsp3) is 0.500. The summed E-state index contributed by atoms with van der Waals surface area (Å²) in [6, 6.07) is 5.53. The third kappa shape index (κ3) is 3.39. The molecule has 1 aliphatic heterocycles. The van der Waals surface area contributed by atoms with Crippen LogP contribution in [-0.2, 0) is 4.74 Å². The lowest BCUT2D eigenvalue weighted by molar-refractivity contribution is 0.0338. The van der Waals surface area contributed by atoms with E-state index in [2.05, 4.69) is 4.90 Å². The number of furan rings is 1. The average Bonchev–Trinajstić information content (AvgIpc) is 2.94. The number of benzene rings is 1. The predicted molar refractivity (Wildman–Crippen MR) is 91.7 cm³/mol. The average molecular weight is 332 g/mol. The number of amides is 1. The minimum absolute atomic E-state index is 0.0206. The lowest BCUT2D eigenvalue weighted by Crippen LogP contribution is -2.42. The lowest BCUT2D eigenvalue weighted by Gasteiger charge is -2.28. The van der Waals surface area contributed by atoms with Gasteiger partial charge in [0.2, 0.25) is 0 Å². The second-order valence-corrected chi connectivity index (χ2v) is 6.08. The summed E-state index contributed by atoms with van der Waals surface area (Å²) in [5.41, 5.74) is 1.33. The Morgan fingerprint density at radius 3 is 2.79 bits per heavy atom. The van der Waals surface area contributed by atoms with E-state index in [-0.39, 0.29) is 5.91 Å². The van der Waals surface area contributed by atoms with E-state index in [4.69, 9.17) is 13.9 Å². The number of likely N-dealkylation sites (N-methyl/N-ethyl adjacent to an activating group) is 1. The van der Waals surface area contributed by atoms with E-state index < -0.39 is 0 Å². The van der Waals surface area contributed by atoms with Gasteiger partial charge in [-0.2, -0.15) is 0 Å². The Balaban J connectivity index is 1.75. The van der Waals surface area contributed by atoms with Crippen molar-refractivity contribution in [1.29, 1.82) is 0 Å². The second kappa shape index (κ2) is 7.23. The molecule has 1 aromatic heterocycles. The lowest BCUT2D eigenvalue weighted by atomic mass is 10.1. The zero-order chi connectivity index (χ0) is 17.1. The number of aryl methyl sites for hydroxylation is 1. The van der Waals surface area contributed by atoms with E-state index in [1.54, 1.807) is 12.0 Å². The van der Waals surface area contributed by atoms with E-state index in [1.807, 2.05) is 32.2 Å². The van der Waals surface area contributed by atoms with Crippen LogP contribution in [0, 0.1) is 6.92 Å². The minimum atomic E-state index is -0.0206. The molecule has 1 aliphatic rings. The standard InChI is InChI=1S/C18H24N2O4/c1-13-17(15-12-14(22-3)4-5-16(15)24-13)18(21)19(2)6-7-20-8-10-23-11-9-20/h4-5,12H,6-11H2,1-3H3. The summed E-state index contributed by atoms with van der Waals surface area (Å²) < 4.78 is 16.4. The molecule has 6 heteroatoms. The van der Waals surface area contributed by atoms with Gasteiger partial charge in [0.15, 0.2) is 0 Å². The highest BCUT2D eigenvalue weighted by Crippen LogP contribution is 2.29. The number of nitrogens with zero attached hydrogens (tertiary/aromatic N) is 2. The number of methoxy groups -OCH3 is 1. The number of hydrogen-bond acceptors (Lipinski definition) is 5. The Labute approximate surface area is 141 Å². The number of morpholine rings is 1. The molecule has 1 amide bonds. The summed E-state index contributed by atoms with van der Waals surface area (Å²) in [7, 11) is 3.45. The highest BCUT2D eigenvalue weighted by molar-refractivity contribution is 6.07. The SMILES string of the molecule is COc1ccc2oc(C)c(C(=O)N(C)CCN3CCOCC3)c2c1. The zero-order valence-electron chi connectivity index (χ0n) is 14.5. The summed E-state index contributed by atoms with van der Waals surface area (Å²) in [5.74, 6) is 1.34. The van der Waals surface area contributed by atoms with E-state index in [1.165, 1.54) is 0 Å². The van der Waals surface area contributed by atoms with Crippen molar-refractivity contribution in [2.75, 3.05) is 53.6 Å². The quantitative estimate of drug-likeness (QED) is 0.840. The van der Waals surface area contributed by atoms with Crippen LogP contribution >= 0.6 is 0 Å². The van der Waals surface area contributed by atoms with Crippen LogP contribution in [-0.4, -0.2) is 69.3 Å². The van der Waals surface area contributed by atoms with E-state index in [9.17, 15) is 4.79 Å². The molecule has 0 atom stereocenters. The van der Waals surface area contributed by atoms with Crippen LogP contribution in [0.5, 0.6) is 5.75 Å². The van der Waals surface area contributed by atoms with Crippen LogP contribution in [0.2, 0.25) is 0 Å². The maximum absolute atomic E-state index is 12.9. The molecule has 1 aromatic carbocycles. The zero-order valence-corrected chi connectivity index (χ0v) is 14.5. The molecule has 24 heavy (non-hydrogen) atoms. The monoisotopic (exact) mass is 332 g/mol. The first-order valence-corrected chi connectivity index (χ1v) is 8.23. The first kappa shape index (κ1) is 16.8. The topological polar surface area (TPSA) is 55.2 Å². The molecular weight excluding hydrogens is 308 g/mol. The molecule has 0 unspecified atom stereocenters. The maximum atomic E-state index is 12.9. The summed E-state index contributed by atoms with van der Waals surface area (Å²) in [6.45, 7) is 6.74. The van der Waals surface area contributed by atoms with Gasteiger partial charge in [-0.25, -0.2) is 0 Å². The first-order chi connectivity index (χ1) is 11.6. The molecule has 0 saturated carbocycles. The summed E-state index contributed by atoms with van der Waals surface area (Å²) in [4.78, 5) is 17.0. The van der Waals surface area contributed by atoms with E-state index >= 15 is 0 Å². The van der Waals surface area contributed by atoms with Crippen molar-refractivity contribution in [3.63, 3.8) is 0 Å². The molecule has 6 nitrogen and oxygen atoms in total. The fourth-order valence-corrected chi connectivity index (χ4v) is 3.00. The van der Waals surface area contributed by atoms with Crippen molar-refractivity contribution >= 4 is 16.9 Å². The molecule has 0 aliphatic carbocycles. The molecule has 0 bridgehead atoms. The summed E-state index contributed by atoms with van der Waals surface area (Å²) in [5, 5.41) is 0.801. The molecule has 0 spiro atoms. The number of carbonyl (C=O) groups is 1. The van der Waals surface area contributed by atoms with Crippen molar-refractivity contribution < 1.29 is 18.7 Å². The van der Waals surface area contributed by atoms with Gasteiger partial charge >= 0.3 is 0 Å². The molecular formula is C18H24N2O4. The van der Waals surface area contributed by atoms with Crippen molar-refractivity contribution in [3.8, 4) is 5.75 Å². The summed E-state index contributed by atoms with van der Waals surface area (Å²) >= 11 is 0. The van der Waals surface area contributed by atoms with Gasteiger partial charge in [0.05, 0.1) is 25.9 Å². The van der Waals surface area contributed by atoms with Gasteiger partial charge in [0.1, 0.15) is 17.1 Å². The number of fused-ring (bicyclic) bond motifs is 1. The van der Waals surface area contributed by atoms with Crippen molar-refractivity contribution in [3.05, 3.63) is 29.5 Å². The number of ether oxygens (including phenoxy) is 2. The third-order valence-electron chi connectivity index (χ3n) is 4.49. The van der Waals surface area contributed by atoms with Crippen LogP contribution in [0.1, 0.15) is 16.1 Å². The number of hydrogen-bond donors (Lipinski definition) is 0. The predicted octanol–water partition coefficient (Wildman–Crippen LogP) is 2.15. The Hall–Kier alpha value is -2.05. The van der Waals surface area contributed by atoms with Gasteiger partial charge in [0.25, 0.3) is 5.91 Å². The van der Waals surface area contributed by atoms with Crippen LogP contribution in [0.4, 0.5) is 0 Å². The van der Waals surface area contributed by atoms with Crippen LogP contribution in [0.25, 0.3) is 11.0 Å². The highest BCUT2D eigenvalue weighted by atomic mass is 16.5. The smallest absolute Gasteiger partial charge is 0.257 e. The third-order valence-corrected chi connectivity index (χ3v) is 4.49. The Morgan fingerprint density at radius 2 is 2.08 bits per heavy atom. The Bertz CT molecular complexity index is 719. The largest absolute Gasteiger partial charge is 0.497 e. The molecule has 130 valence electrons. The van der Waals surface area contributed by atoms with Crippen molar-refractivity contribution in [1.82, 2.24) is 9.80 Å². The molecule has 2 aromatic rings. The molecule has 2 heterocycles. The molecule has 1 saturated heterocycles. The normalized spacial score (nSPS) is 15.6.